The van der Waals surface area contributed by atoms with Crippen molar-refractivity contribution in [3.63, 3.8) is 0 Å². The van der Waals surface area contributed by atoms with Gasteiger partial charge in [-0.3, -0.25) is 0 Å². The fourth-order valence-corrected chi connectivity index (χ4v) is 3.19. The molecule has 0 aliphatic carbocycles. The third-order valence-electron chi connectivity index (χ3n) is 2.85. The quantitative estimate of drug-likeness (QED) is 0.656. The number of hydrogen-bond acceptors (Lipinski definition) is 1. The standard InChI is InChI=1S/C14H11Br3FN/c1-19-14(9-3-2-4-12(17)13(9)18)10-7-8(15)5-6-11(10)16/h2-7,14,19H,1H3. The summed E-state index contributed by atoms with van der Waals surface area (Å²) in [5.41, 5.74) is 1.59. The highest BCUT2D eigenvalue weighted by molar-refractivity contribution is 9.11. The lowest BCUT2D eigenvalue weighted by Gasteiger charge is -2.20. The van der Waals surface area contributed by atoms with Gasteiger partial charge in [0, 0.05) is 14.5 Å². The van der Waals surface area contributed by atoms with E-state index >= 15 is 0 Å². The molecule has 1 nitrogen and oxygen atoms in total. The van der Waals surface area contributed by atoms with Gasteiger partial charge in [-0.2, -0.15) is 0 Å². The molecule has 5 heteroatoms. The van der Waals surface area contributed by atoms with Crippen LogP contribution in [0.1, 0.15) is 17.2 Å². The first-order chi connectivity index (χ1) is 9.04. The van der Waals surface area contributed by atoms with E-state index in [0.29, 0.717) is 10.0 Å². The Bertz CT molecular complexity index is 599. The number of halogens is 4. The topological polar surface area (TPSA) is 12.0 Å². The smallest absolute Gasteiger partial charge is 0.142 e. The van der Waals surface area contributed by atoms with Crippen molar-refractivity contribution < 1.29 is 4.39 Å². The van der Waals surface area contributed by atoms with Gasteiger partial charge in [-0.1, -0.05) is 44.0 Å². The average molecular weight is 452 g/mol. The first-order valence-corrected chi connectivity index (χ1v) is 7.98. The van der Waals surface area contributed by atoms with Crippen LogP contribution < -0.4 is 5.32 Å². The van der Waals surface area contributed by atoms with Crippen LogP contribution in [0.4, 0.5) is 4.39 Å². The van der Waals surface area contributed by atoms with Crippen molar-refractivity contribution in [2.45, 2.75) is 6.04 Å². The van der Waals surface area contributed by atoms with Gasteiger partial charge in [0.15, 0.2) is 0 Å². The summed E-state index contributed by atoms with van der Waals surface area (Å²) in [6, 6.07) is 11.0. The molecule has 0 amide bonds. The van der Waals surface area contributed by atoms with Crippen LogP contribution in [0.5, 0.6) is 0 Å². The van der Waals surface area contributed by atoms with E-state index < -0.39 is 0 Å². The number of nitrogens with one attached hydrogen (secondary N) is 1. The predicted molar refractivity (Wildman–Crippen MR) is 86.8 cm³/mol. The molecular weight excluding hydrogens is 441 g/mol. The molecule has 1 N–H and O–H groups in total. The normalized spacial score (nSPS) is 12.5. The van der Waals surface area contributed by atoms with Gasteiger partial charge in [0.1, 0.15) is 5.82 Å². The highest BCUT2D eigenvalue weighted by Crippen LogP contribution is 2.33. The van der Waals surface area contributed by atoms with Crippen LogP contribution in [0.2, 0.25) is 0 Å². The maximum atomic E-state index is 14.2. The minimum absolute atomic E-state index is 0.218. The zero-order chi connectivity index (χ0) is 14.0. The molecule has 0 fully saturated rings. The molecule has 0 bridgehead atoms. The third kappa shape index (κ3) is 3.27. The van der Waals surface area contributed by atoms with Gasteiger partial charge < -0.3 is 5.32 Å². The van der Waals surface area contributed by atoms with Gasteiger partial charge in [-0.15, -0.1) is 0 Å². The third-order valence-corrected chi connectivity index (χ3v) is 4.68. The average Bonchev–Trinajstić information content (AvgIpc) is 2.39. The van der Waals surface area contributed by atoms with Crippen molar-refractivity contribution in [1.82, 2.24) is 5.32 Å². The van der Waals surface area contributed by atoms with Gasteiger partial charge in [-0.05, 0) is 52.8 Å². The molecule has 0 aliphatic heterocycles. The highest BCUT2D eigenvalue weighted by Gasteiger charge is 2.20. The van der Waals surface area contributed by atoms with Gasteiger partial charge >= 0.3 is 0 Å². The molecule has 0 saturated carbocycles. The minimum atomic E-state index is -0.242. The fraction of sp³-hybridized carbons (Fsp3) is 0.143. The Balaban J connectivity index is 2.56. The van der Waals surface area contributed by atoms with Crippen LogP contribution >= 0.6 is 47.8 Å². The summed E-state index contributed by atoms with van der Waals surface area (Å²) < 4.78 is 16.6. The summed E-state index contributed by atoms with van der Waals surface area (Å²) in [7, 11) is 1.82. The molecule has 0 saturated heterocycles. The summed E-state index contributed by atoms with van der Waals surface area (Å²) in [6.45, 7) is 0. The van der Waals surface area contributed by atoms with E-state index in [4.69, 9.17) is 0 Å². The molecule has 0 aliphatic rings. The van der Waals surface area contributed by atoms with Gasteiger partial charge in [0.05, 0.1) is 10.5 Å². The van der Waals surface area contributed by atoms with Crippen LogP contribution in [0.15, 0.2) is 49.8 Å². The summed E-state index contributed by atoms with van der Waals surface area (Å²) in [5, 5.41) is 3.16. The predicted octanol–water partition coefficient (Wildman–Crippen LogP) is 5.42. The lowest BCUT2D eigenvalue weighted by atomic mass is 9.98. The highest BCUT2D eigenvalue weighted by atomic mass is 79.9. The van der Waals surface area contributed by atoms with Gasteiger partial charge in [0.25, 0.3) is 0 Å². The second kappa shape index (κ2) is 6.48. The Hall–Kier alpha value is -0.230. The zero-order valence-electron chi connectivity index (χ0n) is 10.1. The molecule has 1 atom stereocenters. The molecule has 1 unspecified atom stereocenters. The molecule has 0 radical (unpaired) electrons. The summed E-state index contributed by atoms with van der Waals surface area (Å²) in [6.07, 6.45) is 0. The van der Waals surface area contributed by atoms with Gasteiger partial charge in [0.2, 0.25) is 0 Å². The Kier molecular flexibility index (Phi) is 5.17. The summed E-state index contributed by atoms with van der Waals surface area (Å²) >= 11 is 10.2. The second-order valence-electron chi connectivity index (χ2n) is 4.03. The monoisotopic (exact) mass is 449 g/mol. The molecule has 2 aromatic carbocycles. The summed E-state index contributed by atoms with van der Waals surface area (Å²) in [4.78, 5) is 0. The van der Waals surface area contributed by atoms with E-state index in [9.17, 15) is 4.39 Å². The molecule has 0 aromatic heterocycles. The van der Waals surface area contributed by atoms with Crippen molar-refractivity contribution in [1.29, 1.82) is 0 Å². The molecule has 2 rings (SSSR count). The number of benzene rings is 2. The molecular formula is C14H11Br3FN. The Labute approximate surface area is 137 Å². The summed E-state index contributed by atoms with van der Waals surface area (Å²) in [5.74, 6) is -0.242. The van der Waals surface area contributed by atoms with Crippen molar-refractivity contribution in [2.75, 3.05) is 7.05 Å². The van der Waals surface area contributed by atoms with E-state index in [0.717, 1.165) is 14.5 Å². The largest absolute Gasteiger partial charge is 0.309 e. The first-order valence-electron chi connectivity index (χ1n) is 5.60. The van der Waals surface area contributed by atoms with Crippen LogP contribution in [0, 0.1) is 5.82 Å². The van der Waals surface area contributed by atoms with Crippen LogP contribution in [0.3, 0.4) is 0 Å². The fourth-order valence-electron chi connectivity index (χ4n) is 1.96. The second-order valence-corrected chi connectivity index (χ2v) is 6.65. The molecule has 19 heavy (non-hydrogen) atoms. The van der Waals surface area contributed by atoms with E-state index in [-0.39, 0.29) is 11.9 Å². The van der Waals surface area contributed by atoms with Crippen molar-refractivity contribution in [3.05, 3.63) is 66.8 Å². The van der Waals surface area contributed by atoms with Crippen LogP contribution in [-0.2, 0) is 0 Å². The van der Waals surface area contributed by atoms with Crippen molar-refractivity contribution in [3.8, 4) is 0 Å². The SMILES string of the molecule is CNC(c1cc(Br)ccc1Br)c1cccc(Br)c1F. The van der Waals surface area contributed by atoms with E-state index in [1.165, 1.54) is 0 Å². The minimum Gasteiger partial charge on any atom is -0.309 e. The van der Waals surface area contributed by atoms with E-state index in [1.54, 1.807) is 12.1 Å². The first kappa shape index (κ1) is 15.2. The number of hydrogen-bond donors (Lipinski definition) is 1. The van der Waals surface area contributed by atoms with Crippen molar-refractivity contribution in [2.24, 2.45) is 0 Å². The zero-order valence-corrected chi connectivity index (χ0v) is 14.8. The molecule has 0 heterocycles. The van der Waals surface area contributed by atoms with Crippen LogP contribution in [-0.4, -0.2) is 7.05 Å². The number of rotatable bonds is 3. The van der Waals surface area contributed by atoms with Gasteiger partial charge in [-0.25, -0.2) is 4.39 Å². The lowest BCUT2D eigenvalue weighted by Crippen LogP contribution is -2.19. The lowest BCUT2D eigenvalue weighted by molar-refractivity contribution is 0.570. The van der Waals surface area contributed by atoms with E-state index in [1.807, 2.05) is 31.3 Å². The molecule has 2 aromatic rings. The Morgan fingerprint density at radius 1 is 1.00 bits per heavy atom. The maximum Gasteiger partial charge on any atom is 0.142 e. The van der Waals surface area contributed by atoms with Crippen molar-refractivity contribution >= 4 is 47.8 Å². The molecule has 0 spiro atoms. The van der Waals surface area contributed by atoms with E-state index in [2.05, 4.69) is 53.1 Å². The maximum absolute atomic E-state index is 14.2. The Morgan fingerprint density at radius 2 is 1.74 bits per heavy atom. The molecule has 100 valence electrons. The Morgan fingerprint density at radius 3 is 2.42 bits per heavy atom. The van der Waals surface area contributed by atoms with Crippen LogP contribution in [0.25, 0.3) is 0 Å².